The molecular weight excluding hydrogens is 116 g/mol. The smallest absolute Gasteiger partial charge is 0.134 e. The quantitative estimate of drug-likeness (QED) is 0.468. The zero-order valence-corrected chi connectivity index (χ0v) is 4.78. The molecule has 1 atom stereocenters. The molecule has 2 aliphatic heterocycles. The largest absolute Gasteiger partial charge is 0.272 e. The van der Waals surface area contributed by atoms with Crippen molar-refractivity contribution in [2.75, 3.05) is 6.54 Å². The third kappa shape index (κ3) is 0.630. The van der Waals surface area contributed by atoms with E-state index in [1.807, 2.05) is 6.21 Å². The molecule has 0 bridgehead atoms. The number of hydrogen-bond donors (Lipinski definition) is 1. The first-order valence-corrected chi connectivity index (χ1v) is 2.82. The number of hydrazone groups is 1. The summed E-state index contributed by atoms with van der Waals surface area (Å²) in [6.07, 6.45) is 3.39. The molecule has 0 aromatic carbocycles. The van der Waals surface area contributed by atoms with Crippen LogP contribution >= 0.6 is 0 Å². The summed E-state index contributed by atoms with van der Waals surface area (Å²) in [6.45, 7) is 0.787. The first-order chi connectivity index (χ1) is 4.47. The second kappa shape index (κ2) is 1.65. The molecule has 0 aliphatic carbocycles. The Morgan fingerprint density at radius 3 is 3.56 bits per heavy atom. The van der Waals surface area contributed by atoms with Crippen molar-refractivity contribution in [3.63, 3.8) is 0 Å². The molecule has 2 rings (SSSR count). The van der Waals surface area contributed by atoms with Crippen molar-refractivity contribution in [3.8, 4) is 0 Å². The molecule has 0 amide bonds. The number of fused-ring (bicyclic) bond motifs is 1. The Bertz CT molecular complexity index is 203. The van der Waals surface area contributed by atoms with Gasteiger partial charge in [0.05, 0.1) is 12.5 Å². The molecule has 4 heteroatoms. The van der Waals surface area contributed by atoms with Crippen LogP contribution in [0, 0.1) is 5.92 Å². The van der Waals surface area contributed by atoms with Crippen LogP contribution in [0.25, 0.3) is 0 Å². The summed E-state index contributed by atoms with van der Waals surface area (Å²) >= 11 is 0. The van der Waals surface area contributed by atoms with Crippen molar-refractivity contribution in [2.45, 2.75) is 0 Å². The van der Waals surface area contributed by atoms with Gasteiger partial charge in [0.15, 0.2) is 0 Å². The van der Waals surface area contributed by atoms with Crippen molar-refractivity contribution >= 4 is 18.4 Å². The van der Waals surface area contributed by atoms with Gasteiger partial charge < -0.3 is 0 Å². The maximum atomic E-state index is 3.98. The molecule has 0 saturated carbocycles. The molecule has 4 nitrogen and oxygen atoms in total. The first kappa shape index (κ1) is 4.67. The maximum absolute atomic E-state index is 3.98. The lowest BCUT2D eigenvalue weighted by Crippen LogP contribution is -2.25. The molecule has 46 valence electrons. The van der Waals surface area contributed by atoms with Gasteiger partial charge in [-0.25, -0.2) is 4.99 Å². The number of amidine groups is 1. The summed E-state index contributed by atoms with van der Waals surface area (Å²) in [5, 5.41) is 3.84. The standard InChI is InChI=1S/C5H6N4/c1-4-2-8-9-5(4)7-3-6-1/h2-4H,1H2,(H,6,7,9). The van der Waals surface area contributed by atoms with Crippen LogP contribution in [-0.4, -0.2) is 24.9 Å². The highest BCUT2D eigenvalue weighted by molar-refractivity contribution is 6.04. The molecule has 0 aromatic rings. The fourth-order valence-electron chi connectivity index (χ4n) is 0.869. The van der Waals surface area contributed by atoms with Crippen LogP contribution in [-0.2, 0) is 0 Å². The van der Waals surface area contributed by atoms with Gasteiger partial charge in [-0.15, -0.1) is 0 Å². The molecule has 2 aliphatic rings. The summed E-state index contributed by atoms with van der Waals surface area (Å²) in [7, 11) is 0. The Hall–Kier alpha value is -1.19. The van der Waals surface area contributed by atoms with Crippen molar-refractivity contribution < 1.29 is 0 Å². The Morgan fingerprint density at radius 1 is 1.67 bits per heavy atom. The molecule has 0 saturated heterocycles. The number of aliphatic imine (C=N–C) groups is 2. The average molecular weight is 122 g/mol. The number of nitrogens with one attached hydrogen (secondary N) is 1. The minimum atomic E-state index is 0.315. The van der Waals surface area contributed by atoms with Gasteiger partial charge in [-0.05, 0) is 0 Å². The van der Waals surface area contributed by atoms with Crippen LogP contribution in [0.3, 0.4) is 0 Å². The van der Waals surface area contributed by atoms with Gasteiger partial charge in [0, 0.05) is 6.21 Å². The van der Waals surface area contributed by atoms with Crippen molar-refractivity contribution in [2.24, 2.45) is 21.0 Å². The van der Waals surface area contributed by atoms with E-state index in [1.54, 1.807) is 6.34 Å². The summed E-state index contributed by atoms with van der Waals surface area (Å²) in [4.78, 5) is 7.96. The van der Waals surface area contributed by atoms with E-state index in [9.17, 15) is 0 Å². The molecule has 0 spiro atoms. The van der Waals surface area contributed by atoms with Gasteiger partial charge in [-0.2, -0.15) is 5.10 Å². The van der Waals surface area contributed by atoms with Gasteiger partial charge in [0.1, 0.15) is 12.2 Å². The van der Waals surface area contributed by atoms with E-state index >= 15 is 0 Å². The predicted octanol–water partition coefficient (Wildman–Crippen LogP) is -0.368. The maximum Gasteiger partial charge on any atom is 0.134 e. The van der Waals surface area contributed by atoms with Gasteiger partial charge >= 0.3 is 0 Å². The van der Waals surface area contributed by atoms with Crippen LogP contribution in [0.1, 0.15) is 0 Å². The second-order valence-electron chi connectivity index (χ2n) is 1.99. The number of nitrogens with zero attached hydrogens (tertiary/aromatic N) is 3. The summed E-state index contributed by atoms with van der Waals surface area (Å²) in [5.41, 5.74) is 2.79. The third-order valence-electron chi connectivity index (χ3n) is 1.37. The lowest BCUT2D eigenvalue weighted by molar-refractivity contribution is 0.897. The minimum Gasteiger partial charge on any atom is -0.272 e. The van der Waals surface area contributed by atoms with Crippen LogP contribution < -0.4 is 5.43 Å². The van der Waals surface area contributed by atoms with E-state index in [0.717, 1.165) is 12.4 Å². The van der Waals surface area contributed by atoms with Crippen LogP contribution in [0.5, 0.6) is 0 Å². The molecule has 9 heavy (non-hydrogen) atoms. The highest BCUT2D eigenvalue weighted by Gasteiger charge is 2.19. The van der Waals surface area contributed by atoms with Gasteiger partial charge in [-0.3, -0.25) is 10.4 Å². The monoisotopic (exact) mass is 122 g/mol. The van der Waals surface area contributed by atoms with Crippen molar-refractivity contribution in [1.29, 1.82) is 0 Å². The molecule has 0 fully saturated rings. The Morgan fingerprint density at radius 2 is 2.67 bits per heavy atom. The van der Waals surface area contributed by atoms with Crippen molar-refractivity contribution in [1.82, 2.24) is 5.43 Å². The minimum absolute atomic E-state index is 0.315. The molecule has 2 heterocycles. The molecule has 1 unspecified atom stereocenters. The van der Waals surface area contributed by atoms with Gasteiger partial charge in [-0.1, -0.05) is 0 Å². The summed E-state index contributed by atoms with van der Waals surface area (Å²) in [5.74, 6) is 1.24. The zero-order chi connectivity index (χ0) is 6.10. The average Bonchev–Trinajstić information content (AvgIpc) is 2.33. The lowest BCUT2D eigenvalue weighted by Gasteiger charge is -2.06. The first-order valence-electron chi connectivity index (χ1n) is 2.82. The zero-order valence-electron chi connectivity index (χ0n) is 4.78. The van der Waals surface area contributed by atoms with E-state index < -0.39 is 0 Å². The Labute approximate surface area is 52.4 Å². The molecule has 0 radical (unpaired) electrons. The normalized spacial score (nSPS) is 29.3. The van der Waals surface area contributed by atoms with Crippen LogP contribution in [0.15, 0.2) is 15.1 Å². The van der Waals surface area contributed by atoms with Crippen LogP contribution in [0.4, 0.5) is 0 Å². The van der Waals surface area contributed by atoms with E-state index in [1.165, 1.54) is 0 Å². The highest BCUT2D eigenvalue weighted by Crippen LogP contribution is 2.04. The number of rotatable bonds is 0. The summed E-state index contributed by atoms with van der Waals surface area (Å²) in [6, 6.07) is 0. The Balaban J connectivity index is 2.29. The fourth-order valence-corrected chi connectivity index (χ4v) is 0.869. The Kier molecular flexibility index (Phi) is 0.855. The van der Waals surface area contributed by atoms with E-state index in [2.05, 4.69) is 20.5 Å². The van der Waals surface area contributed by atoms with Crippen molar-refractivity contribution in [3.05, 3.63) is 0 Å². The SMILES string of the molecule is C1=NCC2C=NNC2=N1. The highest BCUT2D eigenvalue weighted by atomic mass is 15.3. The van der Waals surface area contributed by atoms with Crippen LogP contribution in [0.2, 0.25) is 0 Å². The topological polar surface area (TPSA) is 49.1 Å². The molecule has 1 N–H and O–H groups in total. The lowest BCUT2D eigenvalue weighted by atomic mass is 10.1. The second-order valence-corrected chi connectivity index (χ2v) is 1.99. The predicted molar refractivity (Wildman–Crippen MR) is 35.9 cm³/mol. The third-order valence-corrected chi connectivity index (χ3v) is 1.37. The fraction of sp³-hybridized carbons (Fsp3) is 0.400. The van der Waals surface area contributed by atoms with Gasteiger partial charge in [0.25, 0.3) is 0 Å². The number of hydrogen-bond acceptors (Lipinski definition) is 4. The molecule has 0 aromatic heterocycles. The molecular formula is C5H6N4. The van der Waals surface area contributed by atoms with E-state index in [4.69, 9.17) is 0 Å². The van der Waals surface area contributed by atoms with E-state index in [-0.39, 0.29) is 0 Å². The van der Waals surface area contributed by atoms with E-state index in [0.29, 0.717) is 5.92 Å². The van der Waals surface area contributed by atoms with Gasteiger partial charge in [0.2, 0.25) is 0 Å². The summed E-state index contributed by atoms with van der Waals surface area (Å²) < 4.78 is 0.